The third-order valence-corrected chi connectivity index (χ3v) is 4.25. The van der Waals surface area contributed by atoms with E-state index in [0.717, 1.165) is 12.0 Å². The summed E-state index contributed by atoms with van der Waals surface area (Å²) in [6.45, 7) is 8.89. The first-order chi connectivity index (χ1) is 8.39. The van der Waals surface area contributed by atoms with E-state index in [4.69, 9.17) is 0 Å². The molecule has 1 fully saturated rings. The Morgan fingerprint density at radius 2 is 2.06 bits per heavy atom. The van der Waals surface area contributed by atoms with Crippen molar-refractivity contribution in [3.63, 3.8) is 0 Å². The van der Waals surface area contributed by atoms with E-state index in [1.807, 2.05) is 13.0 Å². The summed E-state index contributed by atoms with van der Waals surface area (Å²) in [7, 11) is 0. The maximum Gasteiger partial charge on any atom is 0.146 e. The quantitative estimate of drug-likeness (QED) is 0.796. The minimum absolute atomic E-state index is 0.132. The summed E-state index contributed by atoms with van der Waals surface area (Å²) in [5.74, 6) is 0.458. The van der Waals surface area contributed by atoms with Crippen LogP contribution in [-0.4, -0.2) is 6.04 Å². The van der Waals surface area contributed by atoms with E-state index in [9.17, 15) is 4.39 Å². The van der Waals surface area contributed by atoms with E-state index in [2.05, 4.69) is 26.1 Å². The van der Waals surface area contributed by atoms with E-state index in [1.165, 1.54) is 18.9 Å². The molecule has 2 unspecified atom stereocenters. The maximum absolute atomic E-state index is 13.8. The lowest BCUT2D eigenvalue weighted by Crippen LogP contribution is -2.37. The monoisotopic (exact) mass is 249 g/mol. The Bertz CT molecular complexity index is 405. The number of benzene rings is 1. The highest BCUT2D eigenvalue weighted by atomic mass is 19.1. The summed E-state index contributed by atoms with van der Waals surface area (Å²) in [6, 6.07) is 5.66. The van der Waals surface area contributed by atoms with Gasteiger partial charge in [0.2, 0.25) is 0 Å². The van der Waals surface area contributed by atoms with Crippen LogP contribution in [0.3, 0.4) is 0 Å². The van der Waals surface area contributed by atoms with E-state index >= 15 is 0 Å². The Morgan fingerprint density at radius 3 is 2.67 bits per heavy atom. The van der Waals surface area contributed by atoms with E-state index in [1.54, 1.807) is 6.07 Å². The van der Waals surface area contributed by atoms with E-state index in [0.29, 0.717) is 23.1 Å². The minimum Gasteiger partial charge on any atom is -0.379 e. The lowest BCUT2D eigenvalue weighted by molar-refractivity contribution is 0.177. The summed E-state index contributed by atoms with van der Waals surface area (Å²) in [4.78, 5) is 0. The van der Waals surface area contributed by atoms with Gasteiger partial charge in [-0.2, -0.15) is 0 Å². The Hall–Kier alpha value is -1.05. The fourth-order valence-electron chi connectivity index (χ4n) is 3.16. The Kier molecular flexibility index (Phi) is 3.65. The van der Waals surface area contributed by atoms with Crippen LogP contribution < -0.4 is 5.32 Å². The fourth-order valence-corrected chi connectivity index (χ4v) is 3.16. The highest BCUT2D eigenvalue weighted by Crippen LogP contribution is 2.39. The summed E-state index contributed by atoms with van der Waals surface area (Å²) in [5, 5.41) is 3.43. The second kappa shape index (κ2) is 4.91. The molecular formula is C16H24FN. The van der Waals surface area contributed by atoms with Gasteiger partial charge >= 0.3 is 0 Å². The molecule has 1 aromatic rings. The zero-order valence-electron chi connectivity index (χ0n) is 11.9. The molecule has 2 atom stereocenters. The zero-order chi connectivity index (χ0) is 13.3. The van der Waals surface area contributed by atoms with Gasteiger partial charge in [-0.25, -0.2) is 4.39 Å². The number of hydrogen-bond acceptors (Lipinski definition) is 1. The largest absolute Gasteiger partial charge is 0.379 e. The molecule has 0 radical (unpaired) electrons. The average Bonchev–Trinajstić information content (AvgIpc) is 2.25. The van der Waals surface area contributed by atoms with Crippen molar-refractivity contribution in [2.45, 2.75) is 53.0 Å². The standard InChI is InChI=1S/C16H24FN/c1-11-6-5-7-13(17)15(11)18-14-8-9-16(3,4)10-12(14)2/h5-7,12,14,18H,8-10H2,1-4H3. The molecule has 1 aliphatic carbocycles. The van der Waals surface area contributed by atoms with Crippen molar-refractivity contribution >= 4 is 5.69 Å². The van der Waals surface area contributed by atoms with Crippen molar-refractivity contribution in [3.8, 4) is 0 Å². The fraction of sp³-hybridized carbons (Fsp3) is 0.625. The van der Waals surface area contributed by atoms with Crippen LogP contribution in [-0.2, 0) is 0 Å². The van der Waals surface area contributed by atoms with Crippen molar-refractivity contribution in [3.05, 3.63) is 29.6 Å². The molecular weight excluding hydrogens is 225 g/mol. The Morgan fingerprint density at radius 1 is 1.33 bits per heavy atom. The molecule has 2 heteroatoms. The Labute approximate surface area is 110 Å². The molecule has 100 valence electrons. The normalized spacial score (nSPS) is 26.9. The number of rotatable bonds is 2. The number of hydrogen-bond donors (Lipinski definition) is 1. The predicted octanol–water partition coefficient (Wildman–Crippen LogP) is 4.76. The third-order valence-electron chi connectivity index (χ3n) is 4.25. The van der Waals surface area contributed by atoms with Crippen molar-refractivity contribution in [1.82, 2.24) is 0 Å². The SMILES string of the molecule is Cc1cccc(F)c1NC1CCC(C)(C)CC1C. The summed E-state index contributed by atoms with van der Waals surface area (Å²) in [6.07, 6.45) is 3.54. The van der Waals surface area contributed by atoms with Gasteiger partial charge in [-0.05, 0) is 49.1 Å². The third kappa shape index (κ3) is 2.85. The molecule has 2 rings (SSSR count). The van der Waals surface area contributed by atoms with E-state index in [-0.39, 0.29) is 5.82 Å². The van der Waals surface area contributed by atoms with Crippen LogP contribution >= 0.6 is 0 Å². The van der Waals surface area contributed by atoms with E-state index < -0.39 is 0 Å². The highest BCUT2D eigenvalue weighted by molar-refractivity contribution is 5.52. The van der Waals surface area contributed by atoms with Gasteiger partial charge in [-0.3, -0.25) is 0 Å². The molecule has 18 heavy (non-hydrogen) atoms. The highest BCUT2D eigenvalue weighted by Gasteiger charge is 2.32. The number of para-hydroxylation sites is 1. The second-order valence-electron chi connectivity index (χ2n) is 6.57. The van der Waals surface area contributed by atoms with Crippen LogP contribution in [0, 0.1) is 24.1 Å². The number of nitrogens with one attached hydrogen (secondary N) is 1. The summed E-state index contributed by atoms with van der Waals surface area (Å²) in [5.41, 5.74) is 2.11. The molecule has 0 spiro atoms. The van der Waals surface area contributed by atoms with Gasteiger partial charge < -0.3 is 5.32 Å². The molecule has 1 aliphatic rings. The van der Waals surface area contributed by atoms with Crippen molar-refractivity contribution in [2.75, 3.05) is 5.32 Å². The molecule has 1 aromatic carbocycles. The number of aryl methyl sites for hydroxylation is 1. The van der Waals surface area contributed by atoms with Gasteiger partial charge in [0.15, 0.2) is 0 Å². The second-order valence-corrected chi connectivity index (χ2v) is 6.57. The van der Waals surface area contributed by atoms with Crippen LogP contribution in [0.1, 0.15) is 45.6 Å². The summed E-state index contributed by atoms with van der Waals surface area (Å²) < 4.78 is 13.8. The molecule has 0 amide bonds. The van der Waals surface area contributed by atoms with Gasteiger partial charge in [-0.15, -0.1) is 0 Å². The van der Waals surface area contributed by atoms with Gasteiger partial charge in [0.25, 0.3) is 0 Å². The molecule has 0 aromatic heterocycles. The van der Waals surface area contributed by atoms with Crippen LogP contribution in [0.4, 0.5) is 10.1 Å². The van der Waals surface area contributed by atoms with Gasteiger partial charge in [0.1, 0.15) is 5.82 Å². The topological polar surface area (TPSA) is 12.0 Å². The van der Waals surface area contributed by atoms with Crippen LogP contribution in [0.2, 0.25) is 0 Å². The van der Waals surface area contributed by atoms with Crippen molar-refractivity contribution in [2.24, 2.45) is 11.3 Å². The molecule has 0 heterocycles. The zero-order valence-corrected chi connectivity index (χ0v) is 11.9. The lowest BCUT2D eigenvalue weighted by atomic mass is 9.70. The average molecular weight is 249 g/mol. The molecule has 0 bridgehead atoms. The van der Waals surface area contributed by atoms with Gasteiger partial charge in [0.05, 0.1) is 5.69 Å². The molecule has 1 N–H and O–H groups in total. The van der Waals surface area contributed by atoms with Crippen LogP contribution in [0.5, 0.6) is 0 Å². The first-order valence-corrected chi connectivity index (χ1v) is 6.91. The summed E-state index contributed by atoms with van der Waals surface area (Å²) >= 11 is 0. The lowest BCUT2D eigenvalue weighted by Gasteiger charge is -2.40. The Balaban J connectivity index is 2.11. The van der Waals surface area contributed by atoms with Crippen molar-refractivity contribution < 1.29 is 4.39 Å². The number of halogens is 1. The minimum atomic E-state index is -0.132. The number of anilines is 1. The van der Waals surface area contributed by atoms with Crippen LogP contribution in [0.25, 0.3) is 0 Å². The molecule has 1 saturated carbocycles. The molecule has 0 aliphatic heterocycles. The smallest absolute Gasteiger partial charge is 0.146 e. The van der Waals surface area contributed by atoms with Gasteiger partial charge in [0, 0.05) is 6.04 Å². The van der Waals surface area contributed by atoms with Crippen LogP contribution in [0.15, 0.2) is 18.2 Å². The molecule has 0 saturated heterocycles. The predicted molar refractivity (Wildman–Crippen MR) is 75.3 cm³/mol. The first-order valence-electron chi connectivity index (χ1n) is 6.91. The maximum atomic E-state index is 13.8. The van der Waals surface area contributed by atoms with Gasteiger partial charge in [-0.1, -0.05) is 32.9 Å². The van der Waals surface area contributed by atoms with Crippen molar-refractivity contribution in [1.29, 1.82) is 0 Å². The molecule has 1 nitrogen and oxygen atoms in total. The first kappa shape index (κ1) is 13.4.